The van der Waals surface area contributed by atoms with E-state index in [1.807, 2.05) is 11.8 Å². The number of rotatable bonds is 9. The maximum absolute atomic E-state index is 12.6. The van der Waals surface area contributed by atoms with E-state index in [4.69, 9.17) is 0 Å². The molecule has 1 heterocycles. The van der Waals surface area contributed by atoms with Crippen LogP contribution in [0.3, 0.4) is 0 Å². The van der Waals surface area contributed by atoms with Gasteiger partial charge in [0.15, 0.2) is 0 Å². The standard InChI is InChI=1S/C21H34N2OS/c1-5-7-9-19(8-6-2)21(24)23-15(3)17-10-12-18(13-11-17)20-16(4)22-14-25-20/h10,12,15,19,22H,5-9,11,13-14H2,1-4H3,(H,23,24)/t15-,19?/m0/s1. The van der Waals surface area contributed by atoms with E-state index in [1.54, 1.807) is 0 Å². The minimum atomic E-state index is 0.135. The van der Waals surface area contributed by atoms with E-state index in [9.17, 15) is 4.79 Å². The third-order valence-electron chi connectivity index (χ3n) is 5.20. The van der Waals surface area contributed by atoms with Crippen LogP contribution in [0.25, 0.3) is 0 Å². The van der Waals surface area contributed by atoms with Gasteiger partial charge in [0.2, 0.25) is 5.91 Å². The molecule has 0 fully saturated rings. The molecule has 25 heavy (non-hydrogen) atoms. The molecule has 1 unspecified atom stereocenters. The number of allylic oxidation sites excluding steroid dienone is 4. The summed E-state index contributed by atoms with van der Waals surface area (Å²) in [6.45, 7) is 8.64. The van der Waals surface area contributed by atoms with Crippen LogP contribution in [0.5, 0.6) is 0 Å². The van der Waals surface area contributed by atoms with Gasteiger partial charge in [-0.25, -0.2) is 0 Å². The Morgan fingerprint density at radius 3 is 2.60 bits per heavy atom. The van der Waals surface area contributed by atoms with Crippen molar-refractivity contribution in [2.75, 3.05) is 5.88 Å². The first kappa shape index (κ1) is 20.2. The smallest absolute Gasteiger partial charge is 0.223 e. The fourth-order valence-electron chi connectivity index (χ4n) is 3.57. The van der Waals surface area contributed by atoms with E-state index >= 15 is 0 Å². The summed E-state index contributed by atoms with van der Waals surface area (Å²) in [6, 6.07) is 0.135. The first-order chi connectivity index (χ1) is 12.1. The molecular weight excluding hydrogens is 328 g/mol. The van der Waals surface area contributed by atoms with Crippen molar-refractivity contribution >= 4 is 17.7 Å². The van der Waals surface area contributed by atoms with Crippen LogP contribution in [0.15, 0.2) is 33.9 Å². The van der Waals surface area contributed by atoms with Crippen LogP contribution in [0.4, 0.5) is 0 Å². The van der Waals surface area contributed by atoms with Gasteiger partial charge >= 0.3 is 0 Å². The highest BCUT2D eigenvalue weighted by atomic mass is 32.2. The average Bonchev–Trinajstić information content (AvgIpc) is 3.04. The third kappa shape index (κ3) is 5.67. The van der Waals surface area contributed by atoms with E-state index < -0.39 is 0 Å². The van der Waals surface area contributed by atoms with Gasteiger partial charge in [-0.3, -0.25) is 4.79 Å². The number of thioether (sulfide) groups is 1. The minimum Gasteiger partial charge on any atom is -0.378 e. The van der Waals surface area contributed by atoms with Gasteiger partial charge in [-0.15, -0.1) is 11.8 Å². The molecule has 0 bridgehead atoms. The molecule has 3 nitrogen and oxygen atoms in total. The number of hydrogen-bond acceptors (Lipinski definition) is 3. The van der Waals surface area contributed by atoms with Crippen molar-refractivity contribution < 1.29 is 4.79 Å². The number of hydrogen-bond donors (Lipinski definition) is 2. The second-order valence-electron chi connectivity index (χ2n) is 7.21. The van der Waals surface area contributed by atoms with Crippen LogP contribution >= 0.6 is 11.8 Å². The Kier molecular flexibility index (Phi) is 8.14. The van der Waals surface area contributed by atoms with Gasteiger partial charge in [-0.05, 0) is 50.7 Å². The Balaban J connectivity index is 1.95. The predicted molar refractivity (Wildman–Crippen MR) is 109 cm³/mol. The van der Waals surface area contributed by atoms with E-state index in [0.717, 1.165) is 50.8 Å². The molecule has 2 atom stereocenters. The van der Waals surface area contributed by atoms with E-state index in [1.165, 1.54) is 21.7 Å². The third-order valence-corrected chi connectivity index (χ3v) is 6.34. The summed E-state index contributed by atoms with van der Waals surface area (Å²) in [6.07, 6.45) is 12.0. The molecule has 2 N–H and O–H groups in total. The number of amides is 1. The Labute approximate surface area is 157 Å². The molecular formula is C21H34N2OS. The van der Waals surface area contributed by atoms with Gasteiger partial charge in [0.05, 0.1) is 5.88 Å². The van der Waals surface area contributed by atoms with Crippen LogP contribution < -0.4 is 10.6 Å². The summed E-state index contributed by atoms with van der Waals surface area (Å²) >= 11 is 1.90. The molecule has 4 heteroatoms. The molecule has 2 rings (SSSR count). The highest BCUT2D eigenvalue weighted by Crippen LogP contribution is 2.36. The second-order valence-corrected chi connectivity index (χ2v) is 8.20. The average molecular weight is 363 g/mol. The summed E-state index contributed by atoms with van der Waals surface area (Å²) in [7, 11) is 0. The maximum atomic E-state index is 12.6. The number of carbonyl (C=O) groups is 1. The molecule has 0 saturated carbocycles. The lowest BCUT2D eigenvalue weighted by atomic mass is 9.92. The first-order valence-corrected chi connectivity index (χ1v) is 10.8. The fraction of sp³-hybridized carbons (Fsp3) is 0.667. The zero-order valence-electron chi connectivity index (χ0n) is 16.3. The zero-order chi connectivity index (χ0) is 18.2. The van der Waals surface area contributed by atoms with Crippen molar-refractivity contribution in [3.8, 4) is 0 Å². The molecule has 2 aliphatic rings. The summed E-state index contributed by atoms with van der Waals surface area (Å²) in [5.74, 6) is 1.40. The minimum absolute atomic E-state index is 0.135. The van der Waals surface area contributed by atoms with Crippen molar-refractivity contribution in [1.82, 2.24) is 10.6 Å². The highest BCUT2D eigenvalue weighted by Gasteiger charge is 2.22. The Morgan fingerprint density at radius 2 is 2.04 bits per heavy atom. The SMILES string of the molecule is CCCCC(CCC)C(=O)N[C@@H](C)C1=CC=C(C2=C(C)NCS2)CC1. The summed E-state index contributed by atoms with van der Waals surface area (Å²) in [5, 5.41) is 6.66. The van der Waals surface area contributed by atoms with Gasteiger partial charge in [-0.2, -0.15) is 0 Å². The van der Waals surface area contributed by atoms with Crippen molar-refractivity contribution in [2.45, 2.75) is 78.7 Å². The van der Waals surface area contributed by atoms with Gasteiger partial charge in [0.1, 0.15) is 0 Å². The molecule has 0 radical (unpaired) electrons. The highest BCUT2D eigenvalue weighted by molar-refractivity contribution is 8.03. The summed E-state index contributed by atoms with van der Waals surface area (Å²) in [4.78, 5) is 14.0. The molecule has 1 aliphatic heterocycles. The molecule has 140 valence electrons. The quantitative estimate of drug-likeness (QED) is 0.587. The van der Waals surface area contributed by atoms with Gasteiger partial charge in [-0.1, -0.05) is 45.3 Å². The molecule has 1 amide bonds. The molecule has 0 aromatic heterocycles. The zero-order valence-corrected chi connectivity index (χ0v) is 17.1. The second kappa shape index (κ2) is 10.1. The number of carbonyl (C=O) groups excluding carboxylic acids is 1. The Morgan fingerprint density at radius 1 is 1.24 bits per heavy atom. The van der Waals surface area contributed by atoms with Crippen LogP contribution in [-0.4, -0.2) is 17.8 Å². The van der Waals surface area contributed by atoms with Crippen LogP contribution in [0.2, 0.25) is 0 Å². The van der Waals surface area contributed by atoms with Gasteiger partial charge < -0.3 is 10.6 Å². The lowest BCUT2D eigenvalue weighted by Gasteiger charge is -2.24. The van der Waals surface area contributed by atoms with Gasteiger partial charge in [0.25, 0.3) is 0 Å². The molecule has 1 aliphatic carbocycles. The number of unbranched alkanes of at least 4 members (excludes halogenated alkanes) is 1. The molecule has 0 saturated heterocycles. The van der Waals surface area contributed by atoms with Crippen LogP contribution in [0, 0.1) is 5.92 Å². The van der Waals surface area contributed by atoms with Crippen LogP contribution in [0.1, 0.15) is 72.6 Å². The lowest BCUT2D eigenvalue weighted by molar-refractivity contribution is -0.125. The number of nitrogens with one attached hydrogen (secondary N) is 2. The van der Waals surface area contributed by atoms with E-state index in [2.05, 4.69) is 50.5 Å². The van der Waals surface area contributed by atoms with E-state index in [0.29, 0.717) is 0 Å². The first-order valence-electron chi connectivity index (χ1n) is 9.84. The maximum Gasteiger partial charge on any atom is 0.223 e. The normalized spacial score (nSPS) is 19.8. The monoisotopic (exact) mass is 362 g/mol. The Bertz CT molecular complexity index is 562. The molecule has 0 aromatic rings. The van der Waals surface area contributed by atoms with Crippen molar-refractivity contribution in [3.63, 3.8) is 0 Å². The van der Waals surface area contributed by atoms with Crippen LogP contribution in [-0.2, 0) is 4.79 Å². The largest absolute Gasteiger partial charge is 0.378 e. The molecule has 0 spiro atoms. The van der Waals surface area contributed by atoms with E-state index in [-0.39, 0.29) is 17.9 Å². The fourth-order valence-corrected chi connectivity index (χ4v) is 4.65. The molecule has 0 aromatic carbocycles. The van der Waals surface area contributed by atoms with Crippen molar-refractivity contribution in [1.29, 1.82) is 0 Å². The van der Waals surface area contributed by atoms with Gasteiger partial charge in [0, 0.05) is 22.6 Å². The Hall–Kier alpha value is -1.16. The predicted octanol–water partition coefficient (Wildman–Crippen LogP) is 5.27. The lowest BCUT2D eigenvalue weighted by Crippen LogP contribution is -2.38. The summed E-state index contributed by atoms with van der Waals surface area (Å²) < 4.78 is 0. The van der Waals surface area contributed by atoms with Crippen molar-refractivity contribution in [3.05, 3.63) is 33.9 Å². The summed E-state index contributed by atoms with van der Waals surface area (Å²) in [5.41, 5.74) is 4.08. The van der Waals surface area contributed by atoms with Crippen molar-refractivity contribution in [2.24, 2.45) is 5.92 Å². The topological polar surface area (TPSA) is 41.1 Å².